The molecule has 1 N–H and O–H groups in total. The molecule has 1 rings (SSSR count). The van der Waals surface area contributed by atoms with E-state index in [0.29, 0.717) is 12.0 Å². The highest BCUT2D eigenvalue weighted by atomic mass is 16.3. The van der Waals surface area contributed by atoms with E-state index >= 15 is 0 Å². The van der Waals surface area contributed by atoms with Gasteiger partial charge in [-0.25, -0.2) is 0 Å². The Morgan fingerprint density at radius 1 is 1.33 bits per heavy atom. The molecule has 3 atom stereocenters. The van der Waals surface area contributed by atoms with Crippen molar-refractivity contribution in [3.05, 3.63) is 0 Å². The molecular weight excluding hydrogens is 222 g/mol. The zero-order chi connectivity index (χ0) is 13.8. The molecule has 2 nitrogen and oxygen atoms in total. The summed E-state index contributed by atoms with van der Waals surface area (Å²) >= 11 is 0. The van der Waals surface area contributed by atoms with E-state index in [0.717, 1.165) is 6.54 Å². The normalized spacial score (nSPS) is 28.8. The molecule has 0 spiro atoms. The summed E-state index contributed by atoms with van der Waals surface area (Å²) < 4.78 is 0. The summed E-state index contributed by atoms with van der Waals surface area (Å²) in [5, 5.41) is 10.4. The first-order valence-electron chi connectivity index (χ1n) is 7.84. The second-order valence-corrected chi connectivity index (χ2v) is 6.84. The van der Waals surface area contributed by atoms with Crippen LogP contribution in [0.15, 0.2) is 0 Å². The number of unbranched alkanes of at least 4 members (excludes halogenated alkanes) is 1. The van der Waals surface area contributed by atoms with Crippen molar-refractivity contribution in [2.75, 3.05) is 13.1 Å². The van der Waals surface area contributed by atoms with Crippen molar-refractivity contribution in [3.8, 4) is 0 Å². The molecule has 0 saturated heterocycles. The Morgan fingerprint density at radius 2 is 2.00 bits per heavy atom. The molecule has 0 bridgehead atoms. The smallest absolute Gasteiger partial charge is 0.0631 e. The lowest BCUT2D eigenvalue weighted by Crippen LogP contribution is -2.41. The lowest BCUT2D eigenvalue weighted by atomic mass is 9.87. The zero-order valence-corrected chi connectivity index (χ0v) is 13.1. The maximum atomic E-state index is 10.4. The predicted octanol–water partition coefficient (Wildman–Crippen LogP) is 3.68. The number of rotatable bonds is 7. The van der Waals surface area contributed by atoms with Crippen LogP contribution in [0.1, 0.15) is 66.7 Å². The summed E-state index contributed by atoms with van der Waals surface area (Å²) in [4.78, 5) is 2.60. The molecule has 0 radical (unpaired) electrons. The summed E-state index contributed by atoms with van der Waals surface area (Å²) in [7, 11) is 0. The Hall–Kier alpha value is -0.0800. The van der Waals surface area contributed by atoms with Gasteiger partial charge in [0.15, 0.2) is 0 Å². The summed E-state index contributed by atoms with van der Waals surface area (Å²) in [6.07, 6.45) is 5.97. The maximum absolute atomic E-state index is 10.4. The SMILES string of the molecule is CCCCN(CC1CCC(C)(C)C1O)C(C)CC. The van der Waals surface area contributed by atoms with E-state index in [1.807, 2.05) is 0 Å². The molecule has 0 aromatic carbocycles. The fourth-order valence-corrected chi connectivity index (χ4v) is 3.10. The third-order valence-electron chi connectivity index (χ3n) is 4.89. The highest BCUT2D eigenvalue weighted by Gasteiger charge is 2.41. The highest BCUT2D eigenvalue weighted by molar-refractivity contribution is 4.92. The quantitative estimate of drug-likeness (QED) is 0.750. The van der Waals surface area contributed by atoms with E-state index < -0.39 is 0 Å². The minimum Gasteiger partial charge on any atom is -0.392 e. The monoisotopic (exact) mass is 255 g/mol. The van der Waals surface area contributed by atoms with Crippen LogP contribution in [0.4, 0.5) is 0 Å². The molecule has 2 heteroatoms. The molecule has 0 heterocycles. The van der Waals surface area contributed by atoms with Crippen molar-refractivity contribution < 1.29 is 5.11 Å². The van der Waals surface area contributed by atoms with E-state index in [4.69, 9.17) is 0 Å². The average molecular weight is 255 g/mol. The van der Waals surface area contributed by atoms with Gasteiger partial charge in [0, 0.05) is 12.6 Å². The van der Waals surface area contributed by atoms with Crippen LogP contribution < -0.4 is 0 Å². The Bertz CT molecular complexity index is 239. The van der Waals surface area contributed by atoms with Crippen LogP contribution in [0.5, 0.6) is 0 Å². The fraction of sp³-hybridized carbons (Fsp3) is 1.00. The largest absolute Gasteiger partial charge is 0.392 e. The molecule has 0 aromatic heterocycles. The van der Waals surface area contributed by atoms with Gasteiger partial charge in [0.2, 0.25) is 0 Å². The molecule has 108 valence electrons. The first-order valence-corrected chi connectivity index (χ1v) is 7.84. The van der Waals surface area contributed by atoms with Gasteiger partial charge < -0.3 is 10.0 Å². The Kier molecular flexibility index (Phi) is 6.13. The van der Waals surface area contributed by atoms with Crippen LogP contribution >= 0.6 is 0 Å². The van der Waals surface area contributed by atoms with Crippen LogP contribution in [0.25, 0.3) is 0 Å². The minimum absolute atomic E-state index is 0.120. The summed E-state index contributed by atoms with van der Waals surface area (Å²) in [5.74, 6) is 0.478. The molecule has 1 aliphatic carbocycles. The summed E-state index contributed by atoms with van der Waals surface area (Å²) in [5.41, 5.74) is 0.122. The number of aliphatic hydroxyl groups is 1. The third-order valence-corrected chi connectivity index (χ3v) is 4.89. The van der Waals surface area contributed by atoms with Gasteiger partial charge in [-0.05, 0) is 50.5 Å². The molecule has 18 heavy (non-hydrogen) atoms. The fourth-order valence-electron chi connectivity index (χ4n) is 3.10. The molecule has 3 unspecified atom stereocenters. The topological polar surface area (TPSA) is 23.5 Å². The lowest BCUT2D eigenvalue weighted by molar-refractivity contribution is 0.0268. The van der Waals surface area contributed by atoms with Gasteiger partial charge in [-0.3, -0.25) is 0 Å². The number of hydrogen-bond acceptors (Lipinski definition) is 2. The molecule has 0 aliphatic heterocycles. The summed E-state index contributed by atoms with van der Waals surface area (Å²) in [6, 6.07) is 0.646. The zero-order valence-electron chi connectivity index (χ0n) is 13.1. The van der Waals surface area contributed by atoms with Crippen LogP contribution in [-0.4, -0.2) is 35.2 Å². The van der Waals surface area contributed by atoms with E-state index in [1.165, 1.54) is 38.6 Å². The van der Waals surface area contributed by atoms with Crippen molar-refractivity contribution in [1.82, 2.24) is 4.90 Å². The molecule has 1 fully saturated rings. The van der Waals surface area contributed by atoms with E-state index in [2.05, 4.69) is 39.5 Å². The van der Waals surface area contributed by atoms with Crippen LogP contribution in [0.2, 0.25) is 0 Å². The van der Waals surface area contributed by atoms with Crippen LogP contribution in [-0.2, 0) is 0 Å². The first kappa shape index (κ1) is 16.0. The molecule has 1 saturated carbocycles. The second-order valence-electron chi connectivity index (χ2n) is 6.84. The lowest BCUT2D eigenvalue weighted by Gasteiger charge is -2.33. The molecular formula is C16H33NO. The van der Waals surface area contributed by atoms with Gasteiger partial charge in [-0.1, -0.05) is 34.1 Å². The average Bonchev–Trinajstić information content (AvgIpc) is 2.60. The summed E-state index contributed by atoms with van der Waals surface area (Å²) in [6.45, 7) is 13.5. The Labute approximate surface area is 114 Å². The van der Waals surface area contributed by atoms with Gasteiger partial charge in [-0.2, -0.15) is 0 Å². The first-order chi connectivity index (χ1) is 8.42. The third kappa shape index (κ3) is 3.96. The van der Waals surface area contributed by atoms with Gasteiger partial charge >= 0.3 is 0 Å². The van der Waals surface area contributed by atoms with Crippen molar-refractivity contribution >= 4 is 0 Å². The van der Waals surface area contributed by atoms with Crippen LogP contribution in [0, 0.1) is 11.3 Å². The van der Waals surface area contributed by atoms with Gasteiger partial charge in [0.1, 0.15) is 0 Å². The van der Waals surface area contributed by atoms with E-state index in [9.17, 15) is 5.11 Å². The van der Waals surface area contributed by atoms with Gasteiger partial charge in [0.25, 0.3) is 0 Å². The van der Waals surface area contributed by atoms with Gasteiger partial charge in [-0.15, -0.1) is 0 Å². The molecule has 0 amide bonds. The van der Waals surface area contributed by atoms with Crippen LogP contribution in [0.3, 0.4) is 0 Å². The molecule has 0 aromatic rings. The Morgan fingerprint density at radius 3 is 2.44 bits per heavy atom. The number of nitrogens with zero attached hydrogens (tertiary/aromatic N) is 1. The van der Waals surface area contributed by atoms with Crippen molar-refractivity contribution in [2.24, 2.45) is 11.3 Å². The predicted molar refractivity (Wildman–Crippen MR) is 78.7 cm³/mol. The maximum Gasteiger partial charge on any atom is 0.0631 e. The van der Waals surface area contributed by atoms with Crippen molar-refractivity contribution in [3.63, 3.8) is 0 Å². The second kappa shape index (κ2) is 6.91. The number of hydrogen-bond donors (Lipinski definition) is 1. The van der Waals surface area contributed by atoms with E-state index in [-0.39, 0.29) is 11.5 Å². The standard InChI is InChI=1S/C16H33NO/c1-6-8-11-17(13(3)7-2)12-14-9-10-16(4,5)15(14)18/h13-15,18H,6-12H2,1-5H3. The van der Waals surface area contributed by atoms with E-state index in [1.54, 1.807) is 0 Å². The molecule has 1 aliphatic rings. The van der Waals surface area contributed by atoms with Crippen molar-refractivity contribution in [2.45, 2.75) is 78.9 Å². The Balaban J connectivity index is 2.55. The number of aliphatic hydroxyl groups excluding tert-OH is 1. The minimum atomic E-state index is -0.120. The van der Waals surface area contributed by atoms with Gasteiger partial charge in [0.05, 0.1) is 6.10 Å². The van der Waals surface area contributed by atoms with Crippen molar-refractivity contribution in [1.29, 1.82) is 0 Å². The highest BCUT2D eigenvalue weighted by Crippen LogP contribution is 2.41.